The molecule has 0 amide bonds. The first-order valence-electron chi connectivity index (χ1n) is 4.55. The van der Waals surface area contributed by atoms with Crippen LogP contribution in [0.25, 0.3) is 0 Å². The summed E-state index contributed by atoms with van der Waals surface area (Å²) in [6.07, 6.45) is 2.45. The maximum atomic E-state index is 8.54. The molecule has 0 saturated carbocycles. The summed E-state index contributed by atoms with van der Waals surface area (Å²) in [5.41, 5.74) is 0. The van der Waals surface area contributed by atoms with Crippen molar-refractivity contribution in [1.29, 1.82) is 0 Å². The van der Waals surface area contributed by atoms with E-state index in [1.54, 1.807) is 0 Å². The van der Waals surface area contributed by atoms with Gasteiger partial charge in [-0.3, -0.25) is 0 Å². The molecule has 0 aliphatic rings. The average Bonchev–Trinajstić information content (AvgIpc) is 2.00. The second-order valence-corrected chi connectivity index (χ2v) is 3.33. The summed E-state index contributed by atoms with van der Waals surface area (Å²) in [7, 11) is 0. The lowest BCUT2D eigenvalue weighted by Gasteiger charge is -2.16. The van der Waals surface area contributed by atoms with Gasteiger partial charge in [-0.2, -0.15) is 0 Å². The summed E-state index contributed by atoms with van der Waals surface area (Å²) in [5, 5.41) is 11.8. The number of aliphatic hydroxyl groups excluding tert-OH is 1. The third-order valence-electron chi connectivity index (χ3n) is 2.06. The van der Waals surface area contributed by atoms with E-state index in [0.717, 1.165) is 12.5 Å². The smallest absolute Gasteiger partial charge is 0.0556 e. The highest BCUT2D eigenvalue weighted by molar-refractivity contribution is 4.63. The molecule has 11 heavy (non-hydrogen) atoms. The van der Waals surface area contributed by atoms with E-state index in [1.165, 1.54) is 12.8 Å². The van der Waals surface area contributed by atoms with Crippen LogP contribution >= 0.6 is 0 Å². The van der Waals surface area contributed by atoms with E-state index in [0.29, 0.717) is 6.04 Å². The molecule has 0 saturated heterocycles. The van der Waals surface area contributed by atoms with Crippen molar-refractivity contribution in [2.75, 3.05) is 13.2 Å². The minimum Gasteiger partial charge on any atom is -0.395 e. The van der Waals surface area contributed by atoms with Crippen LogP contribution in [-0.2, 0) is 0 Å². The van der Waals surface area contributed by atoms with Crippen molar-refractivity contribution >= 4 is 0 Å². The summed E-state index contributed by atoms with van der Waals surface area (Å²) in [6.45, 7) is 7.60. The molecule has 0 aromatic rings. The molecule has 0 aromatic carbocycles. The van der Waals surface area contributed by atoms with Crippen LogP contribution in [0.3, 0.4) is 0 Å². The van der Waals surface area contributed by atoms with Gasteiger partial charge in [-0.25, -0.2) is 0 Å². The Morgan fingerprint density at radius 1 is 1.36 bits per heavy atom. The van der Waals surface area contributed by atoms with Crippen molar-refractivity contribution < 1.29 is 5.11 Å². The number of rotatable bonds is 6. The van der Waals surface area contributed by atoms with Crippen LogP contribution < -0.4 is 5.32 Å². The fourth-order valence-electron chi connectivity index (χ4n) is 1.16. The summed E-state index contributed by atoms with van der Waals surface area (Å²) >= 11 is 0. The Hall–Kier alpha value is -0.0800. The highest BCUT2D eigenvalue weighted by Gasteiger charge is 2.04. The van der Waals surface area contributed by atoms with Gasteiger partial charge in [0.1, 0.15) is 0 Å². The van der Waals surface area contributed by atoms with Crippen molar-refractivity contribution in [3.8, 4) is 0 Å². The second kappa shape index (κ2) is 6.62. The van der Waals surface area contributed by atoms with Crippen LogP contribution in [0.15, 0.2) is 0 Å². The van der Waals surface area contributed by atoms with Crippen LogP contribution in [-0.4, -0.2) is 24.3 Å². The standard InChI is InChI=1S/C9H21NO/c1-4-8(2)7-9(3)10-5-6-11/h8-11H,4-7H2,1-3H3. The maximum absolute atomic E-state index is 8.54. The molecule has 0 rings (SSSR count). The van der Waals surface area contributed by atoms with Crippen molar-refractivity contribution in [2.24, 2.45) is 5.92 Å². The molecule has 2 heteroatoms. The molecule has 0 heterocycles. The third kappa shape index (κ3) is 6.32. The first-order chi connectivity index (χ1) is 5.20. The minimum atomic E-state index is 0.241. The first-order valence-corrected chi connectivity index (χ1v) is 4.55. The fraction of sp³-hybridized carbons (Fsp3) is 1.00. The lowest BCUT2D eigenvalue weighted by Crippen LogP contribution is -2.30. The van der Waals surface area contributed by atoms with Crippen LogP contribution in [0, 0.1) is 5.92 Å². The largest absolute Gasteiger partial charge is 0.395 e. The van der Waals surface area contributed by atoms with Gasteiger partial charge in [-0.1, -0.05) is 20.3 Å². The number of hydrogen-bond donors (Lipinski definition) is 2. The molecule has 2 N–H and O–H groups in total. The Balaban J connectivity index is 3.27. The Morgan fingerprint density at radius 3 is 2.45 bits per heavy atom. The molecular formula is C9H21NO. The summed E-state index contributed by atoms with van der Waals surface area (Å²) in [4.78, 5) is 0. The van der Waals surface area contributed by atoms with Crippen LogP contribution in [0.1, 0.15) is 33.6 Å². The lowest BCUT2D eigenvalue weighted by atomic mass is 10.0. The Labute approximate surface area is 70.0 Å². The number of nitrogens with one attached hydrogen (secondary N) is 1. The van der Waals surface area contributed by atoms with Crippen molar-refractivity contribution in [2.45, 2.75) is 39.7 Å². The SMILES string of the molecule is CCC(C)CC(C)NCCO. The van der Waals surface area contributed by atoms with Crippen LogP contribution in [0.5, 0.6) is 0 Å². The highest BCUT2D eigenvalue weighted by Crippen LogP contribution is 2.08. The van der Waals surface area contributed by atoms with Gasteiger partial charge in [-0.05, 0) is 19.3 Å². The molecule has 68 valence electrons. The summed E-state index contributed by atoms with van der Waals surface area (Å²) < 4.78 is 0. The van der Waals surface area contributed by atoms with E-state index in [1.807, 2.05) is 0 Å². The van der Waals surface area contributed by atoms with Gasteiger partial charge in [-0.15, -0.1) is 0 Å². The number of aliphatic hydroxyl groups is 1. The molecule has 0 aromatic heterocycles. The van der Waals surface area contributed by atoms with Crippen molar-refractivity contribution in [3.63, 3.8) is 0 Å². The average molecular weight is 159 g/mol. The number of hydrogen-bond acceptors (Lipinski definition) is 2. The predicted octanol–water partition coefficient (Wildman–Crippen LogP) is 1.39. The van der Waals surface area contributed by atoms with Gasteiger partial charge in [0.2, 0.25) is 0 Å². The van der Waals surface area contributed by atoms with Gasteiger partial charge < -0.3 is 10.4 Å². The fourth-order valence-corrected chi connectivity index (χ4v) is 1.16. The van der Waals surface area contributed by atoms with Gasteiger partial charge >= 0.3 is 0 Å². The van der Waals surface area contributed by atoms with Gasteiger partial charge in [0, 0.05) is 12.6 Å². The van der Waals surface area contributed by atoms with Crippen molar-refractivity contribution in [3.05, 3.63) is 0 Å². The van der Waals surface area contributed by atoms with Crippen LogP contribution in [0.4, 0.5) is 0 Å². The van der Waals surface area contributed by atoms with Gasteiger partial charge in [0.25, 0.3) is 0 Å². The van der Waals surface area contributed by atoms with Gasteiger partial charge in [0.05, 0.1) is 6.61 Å². The zero-order valence-corrected chi connectivity index (χ0v) is 7.93. The zero-order valence-electron chi connectivity index (χ0n) is 7.93. The maximum Gasteiger partial charge on any atom is 0.0556 e. The topological polar surface area (TPSA) is 32.3 Å². The molecule has 0 bridgehead atoms. The molecule has 0 aliphatic heterocycles. The van der Waals surface area contributed by atoms with E-state index >= 15 is 0 Å². The normalized spacial score (nSPS) is 16.4. The molecular weight excluding hydrogens is 138 g/mol. The van der Waals surface area contributed by atoms with E-state index in [-0.39, 0.29) is 6.61 Å². The Bertz CT molecular complexity index is 85.6. The van der Waals surface area contributed by atoms with E-state index in [2.05, 4.69) is 26.1 Å². The summed E-state index contributed by atoms with van der Waals surface area (Å²) in [6, 6.07) is 0.539. The second-order valence-electron chi connectivity index (χ2n) is 3.33. The Morgan fingerprint density at radius 2 is 2.00 bits per heavy atom. The molecule has 0 aliphatic carbocycles. The van der Waals surface area contributed by atoms with E-state index in [4.69, 9.17) is 5.11 Å². The Kier molecular flexibility index (Phi) is 6.57. The minimum absolute atomic E-state index is 0.241. The molecule has 0 radical (unpaired) electrons. The zero-order chi connectivity index (χ0) is 8.69. The van der Waals surface area contributed by atoms with Crippen LogP contribution in [0.2, 0.25) is 0 Å². The quantitative estimate of drug-likeness (QED) is 0.614. The van der Waals surface area contributed by atoms with E-state index in [9.17, 15) is 0 Å². The molecule has 2 nitrogen and oxygen atoms in total. The van der Waals surface area contributed by atoms with E-state index < -0.39 is 0 Å². The molecule has 2 atom stereocenters. The predicted molar refractivity (Wildman–Crippen MR) is 48.6 cm³/mol. The summed E-state index contributed by atoms with van der Waals surface area (Å²) in [5.74, 6) is 0.788. The third-order valence-corrected chi connectivity index (χ3v) is 2.06. The lowest BCUT2D eigenvalue weighted by molar-refractivity contribution is 0.279. The monoisotopic (exact) mass is 159 g/mol. The van der Waals surface area contributed by atoms with Crippen molar-refractivity contribution in [1.82, 2.24) is 5.32 Å². The first kappa shape index (κ1) is 10.9. The highest BCUT2D eigenvalue weighted by atomic mass is 16.3. The molecule has 2 unspecified atom stereocenters. The molecule has 0 fully saturated rings. The molecule has 0 spiro atoms. The van der Waals surface area contributed by atoms with Gasteiger partial charge in [0.15, 0.2) is 0 Å².